The Balaban J connectivity index is 1.59. The molecule has 1 fully saturated rings. The predicted octanol–water partition coefficient (Wildman–Crippen LogP) is 5.14. The molecule has 2 aromatic carbocycles. The van der Waals surface area contributed by atoms with Gasteiger partial charge in [-0.3, -0.25) is 14.5 Å². The number of rotatable bonds is 7. The second-order valence-corrected chi connectivity index (χ2v) is 9.26. The first-order valence-corrected chi connectivity index (χ1v) is 12.0. The quantitative estimate of drug-likeness (QED) is 0.571. The van der Waals surface area contributed by atoms with Gasteiger partial charge in [0.05, 0.1) is 5.57 Å². The molecule has 0 N–H and O–H groups in total. The molecule has 2 heterocycles. The van der Waals surface area contributed by atoms with E-state index in [4.69, 9.17) is 0 Å². The number of carbonyl (C=O) groups excluding carboxylic acids is 2. The number of hydrogen-bond donors (Lipinski definition) is 0. The van der Waals surface area contributed by atoms with E-state index in [1.54, 1.807) is 0 Å². The molecule has 168 valence electrons. The molecule has 2 aliphatic heterocycles. The first kappa shape index (κ1) is 22.3. The van der Waals surface area contributed by atoms with Gasteiger partial charge in [0.2, 0.25) is 0 Å². The number of nitrogens with zero attached hydrogens (tertiary/aromatic N) is 2. The van der Waals surface area contributed by atoms with E-state index in [2.05, 4.69) is 62.1 Å². The largest absolute Gasteiger partial charge is 0.366 e. The Morgan fingerprint density at radius 2 is 1.62 bits per heavy atom. The second kappa shape index (κ2) is 9.72. The van der Waals surface area contributed by atoms with Crippen LogP contribution in [0.3, 0.4) is 0 Å². The van der Waals surface area contributed by atoms with Crippen LogP contribution in [0.5, 0.6) is 0 Å². The highest BCUT2D eigenvalue weighted by atomic mass is 16.2. The summed E-state index contributed by atoms with van der Waals surface area (Å²) in [7, 11) is 0. The summed E-state index contributed by atoms with van der Waals surface area (Å²) in [6, 6.07) is 16.7. The summed E-state index contributed by atoms with van der Waals surface area (Å²) in [5.41, 5.74) is 5.79. The average molecular weight is 431 g/mol. The van der Waals surface area contributed by atoms with Crippen molar-refractivity contribution in [2.45, 2.75) is 52.9 Å². The highest BCUT2D eigenvalue weighted by Crippen LogP contribution is 2.35. The molecule has 0 aromatic heterocycles. The summed E-state index contributed by atoms with van der Waals surface area (Å²) < 4.78 is 0. The summed E-state index contributed by atoms with van der Waals surface area (Å²) in [6.45, 7) is 8.35. The second-order valence-electron chi connectivity index (χ2n) is 9.26. The average Bonchev–Trinajstić information content (AvgIpc) is 3.05. The zero-order valence-electron chi connectivity index (χ0n) is 19.6. The third-order valence-electron chi connectivity index (χ3n) is 6.97. The lowest BCUT2D eigenvalue weighted by Gasteiger charge is -2.34. The van der Waals surface area contributed by atoms with Crippen LogP contribution >= 0.6 is 0 Å². The Bertz CT molecular complexity index is 1020. The van der Waals surface area contributed by atoms with E-state index in [1.165, 1.54) is 16.0 Å². The maximum atomic E-state index is 13.4. The highest BCUT2D eigenvalue weighted by molar-refractivity contribution is 6.35. The number of piperidine rings is 1. The molecule has 0 spiro atoms. The Hall–Kier alpha value is -2.88. The van der Waals surface area contributed by atoms with Crippen LogP contribution in [0, 0.1) is 19.8 Å². The van der Waals surface area contributed by atoms with Crippen LogP contribution in [-0.4, -0.2) is 41.2 Å². The summed E-state index contributed by atoms with van der Waals surface area (Å²) >= 11 is 0. The Labute approximate surface area is 191 Å². The molecule has 2 aliphatic rings. The minimum Gasteiger partial charge on any atom is -0.366 e. The van der Waals surface area contributed by atoms with E-state index in [-0.39, 0.29) is 11.8 Å². The third kappa shape index (κ3) is 4.50. The topological polar surface area (TPSA) is 40.6 Å². The van der Waals surface area contributed by atoms with Crippen molar-refractivity contribution in [3.8, 4) is 0 Å². The molecule has 0 aliphatic carbocycles. The van der Waals surface area contributed by atoms with Gasteiger partial charge in [-0.25, -0.2) is 0 Å². The predicted molar refractivity (Wildman–Crippen MR) is 129 cm³/mol. The first-order valence-electron chi connectivity index (χ1n) is 12.0. The molecule has 2 aromatic rings. The van der Waals surface area contributed by atoms with Crippen LogP contribution in [-0.2, 0) is 16.0 Å². The standard InChI is InChI=1S/C28H34N2O2/c1-4-5-15-30-27(31)25(24-12-11-20(2)21(3)18-24)26(28(30)32)29-16-13-23(14-17-29)19-22-9-7-6-8-10-22/h6-12,18,23H,4-5,13-17,19H2,1-3H3. The molecule has 2 amide bonds. The Kier molecular flexibility index (Phi) is 6.78. The molecular formula is C28H34N2O2. The maximum absolute atomic E-state index is 13.4. The molecule has 0 saturated carbocycles. The van der Waals surface area contributed by atoms with Gasteiger partial charge in [-0.2, -0.15) is 0 Å². The number of hydrogen-bond acceptors (Lipinski definition) is 3. The van der Waals surface area contributed by atoms with Crippen molar-refractivity contribution >= 4 is 17.4 Å². The third-order valence-corrected chi connectivity index (χ3v) is 6.97. The van der Waals surface area contributed by atoms with Gasteiger partial charge in [-0.15, -0.1) is 0 Å². The van der Waals surface area contributed by atoms with Crippen molar-refractivity contribution < 1.29 is 9.59 Å². The SMILES string of the molecule is CCCCN1C(=O)C(c2ccc(C)c(C)c2)=C(N2CCC(Cc3ccccc3)CC2)C1=O. The maximum Gasteiger partial charge on any atom is 0.277 e. The van der Waals surface area contributed by atoms with Gasteiger partial charge in [-0.05, 0) is 67.7 Å². The highest BCUT2D eigenvalue weighted by Gasteiger charge is 2.41. The van der Waals surface area contributed by atoms with Gasteiger partial charge in [0.15, 0.2) is 0 Å². The fourth-order valence-electron chi connectivity index (χ4n) is 4.84. The molecule has 0 atom stereocenters. The molecular weight excluding hydrogens is 396 g/mol. The number of amides is 2. The minimum absolute atomic E-state index is 0.113. The summed E-state index contributed by atoms with van der Waals surface area (Å²) in [6.07, 6.45) is 4.94. The Morgan fingerprint density at radius 3 is 2.28 bits per heavy atom. The molecule has 32 heavy (non-hydrogen) atoms. The van der Waals surface area contributed by atoms with Crippen molar-refractivity contribution in [3.63, 3.8) is 0 Å². The fraction of sp³-hybridized carbons (Fsp3) is 0.429. The number of unbranched alkanes of at least 4 members (excludes halogenated alkanes) is 1. The van der Waals surface area contributed by atoms with Gasteiger partial charge in [0, 0.05) is 19.6 Å². The summed E-state index contributed by atoms with van der Waals surface area (Å²) in [4.78, 5) is 30.5. The van der Waals surface area contributed by atoms with Gasteiger partial charge in [0.1, 0.15) is 5.70 Å². The zero-order valence-corrected chi connectivity index (χ0v) is 19.6. The lowest BCUT2D eigenvalue weighted by molar-refractivity contribution is -0.137. The van der Waals surface area contributed by atoms with Crippen LogP contribution in [0.4, 0.5) is 0 Å². The lowest BCUT2D eigenvalue weighted by Crippen LogP contribution is -2.39. The smallest absolute Gasteiger partial charge is 0.277 e. The van der Waals surface area contributed by atoms with Crippen LogP contribution in [0.25, 0.3) is 5.57 Å². The summed E-state index contributed by atoms with van der Waals surface area (Å²) in [5.74, 6) is 0.369. The van der Waals surface area contributed by atoms with Crippen molar-refractivity contribution in [3.05, 3.63) is 76.5 Å². The molecule has 0 bridgehead atoms. The van der Waals surface area contributed by atoms with Crippen LogP contribution < -0.4 is 0 Å². The minimum atomic E-state index is -0.131. The van der Waals surface area contributed by atoms with E-state index >= 15 is 0 Å². The van der Waals surface area contributed by atoms with Gasteiger partial charge >= 0.3 is 0 Å². The van der Waals surface area contributed by atoms with E-state index in [1.807, 2.05) is 12.1 Å². The first-order chi connectivity index (χ1) is 15.5. The van der Waals surface area contributed by atoms with Crippen molar-refractivity contribution in [1.82, 2.24) is 9.80 Å². The number of carbonyl (C=O) groups is 2. The van der Waals surface area contributed by atoms with E-state index < -0.39 is 0 Å². The van der Waals surface area contributed by atoms with Gasteiger partial charge < -0.3 is 4.90 Å². The van der Waals surface area contributed by atoms with Crippen LogP contribution in [0.15, 0.2) is 54.2 Å². The lowest BCUT2D eigenvalue weighted by atomic mass is 9.89. The number of aryl methyl sites for hydroxylation is 2. The van der Waals surface area contributed by atoms with E-state index in [0.29, 0.717) is 23.7 Å². The molecule has 0 unspecified atom stereocenters. The molecule has 0 radical (unpaired) electrons. The van der Waals surface area contributed by atoms with Crippen LogP contribution in [0.1, 0.15) is 54.9 Å². The molecule has 4 nitrogen and oxygen atoms in total. The van der Waals surface area contributed by atoms with Crippen molar-refractivity contribution in [2.24, 2.45) is 5.92 Å². The molecule has 4 heteroatoms. The Morgan fingerprint density at radius 1 is 0.906 bits per heavy atom. The molecule has 1 saturated heterocycles. The molecule has 4 rings (SSSR count). The number of benzene rings is 2. The number of likely N-dealkylation sites (tertiary alicyclic amines) is 1. The number of imide groups is 1. The normalized spacial score (nSPS) is 17.6. The van der Waals surface area contributed by atoms with E-state index in [9.17, 15) is 9.59 Å². The summed E-state index contributed by atoms with van der Waals surface area (Å²) in [5, 5.41) is 0. The van der Waals surface area contributed by atoms with Crippen molar-refractivity contribution in [2.75, 3.05) is 19.6 Å². The zero-order chi connectivity index (χ0) is 22.7. The monoisotopic (exact) mass is 430 g/mol. The van der Waals surface area contributed by atoms with Gasteiger partial charge in [-0.1, -0.05) is 61.9 Å². The van der Waals surface area contributed by atoms with E-state index in [0.717, 1.165) is 56.3 Å². The fourth-order valence-corrected chi connectivity index (χ4v) is 4.84. The van der Waals surface area contributed by atoms with Crippen molar-refractivity contribution in [1.29, 1.82) is 0 Å². The van der Waals surface area contributed by atoms with Crippen LogP contribution in [0.2, 0.25) is 0 Å². The van der Waals surface area contributed by atoms with Gasteiger partial charge in [0.25, 0.3) is 11.8 Å².